The van der Waals surface area contributed by atoms with E-state index in [0.29, 0.717) is 16.5 Å². The van der Waals surface area contributed by atoms with E-state index in [0.717, 1.165) is 0 Å². The second-order valence-electron chi connectivity index (χ2n) is 2.99. The zero-order chi connectivity index (χ0) is 12.3. The summed E-state index contributed by atoms with van der Waals surface area (Å²) in [4.78, 5) is 19.6. The van der Waals surface area contributed by atoms with Crippen molar-refractivity contribution in [1.82, 2.24) is 9.97 Å². The lowest BCUT2D eigenvalue weighted by molar-refractivity contribution is 0.102. The number of thiazole rings is 1. The quantitative estimate of drug-likeness (QED) is 0.583. The minimum Gasteiger partial charge on any atom is -0.307 e. The number of amides is 1. The van der Waals surface area contributed by atoms with E-state index in [1.807, 2.05) is 0 Å². The lowest BCUT2D eigenvalue weighted by Crippen LogP contribution is -2.14. The van der Waals surface area contributed by atoms with Gasteiger partial charge in [0.2, 0.25) is 0 Å². The minimum absolute atomic E-state index is 0.277. The molecule has 2 heterocycles. The van der Waals surface area contributed by atoms with Crippen LogP contribution in [0.4, 0.5) is 10.9 Å². The van der Waals surface area contributed by atoms with E-state index < -0.39 is 0 Å². The largest absolute Gasteiger partial charge is 0.307 e. The number of carbonyl (C=O) groups excluding carboxylic acids is 1. The minimum atomic E-state index is -0.321. The van der Waals surface area contributed by atoms with E-state index in [1.54, 1.807) is 11.6 Å². The average Bonchev–Trinajstić information content (AvgIpc) is 2.81. The first kappa shape index (κ1) is 11.8. The van der Waals surface area contributed by atoms with Gasteiger partial charge in [-0.3, -0.25) is 10.1 Å². The summed E-state index contributed by atoms with van der Waals surface area (Å²) in [5.74, 6) is 5.18. The third-order valence-electron chi connectivity index (χ3n) is 1.89. The van der Waals surface area contributed by atoms with Crippen LogP contribution in [0.25, 0.3) is 0 Å². The van der Waals surface area contributed by atoms with Crippen LogP contribution in [0.5, 0.6) is 0 Å². The number of nitrogens with one attached hydrogen (secondary N) is 2. The Kier molecular flexibility index (Phi) is 3.52. The third-order valence-corrected chi connectivity index (χ3v) is 2.87. The smallest absolute Gasteiger partial charge is 0.259 e. The fraction of sp³-hybridized carbons (Fsp3) is 0. The van der Waals surface area contributed by atoms with Crippen molar-refractivity contribution in [1.29, 1.82) is 0 Å². The molecule has 1 amide bonds. The zero-order valence-corrected chi connectivity index (χ0v) is 10.0. The monoisotopic (exact) mass is 269 g/mol. The van der Waals surface area contributed by atoms with Gasteiger partial charge in [-0.05, 0) is 6.07 Å². The molecule has 8 heteroatoms. The predicted molar refractivity (Wildman–Crippen MR) is 67.1 cm³/mol. The van der Waals surface area contributed by atoms with Gasteiger partial charge in [0.05, 0.1) is 10.6 Å². The summed E-state index contributed by atoms with van der Waals surface area (Å²) in [6, 6.07) is 1.48. The summed E-state index contributed by atoms with van der Waals surface area (Å²) in [6.45, 7) is 0. The molecular weight excluding hydrogens is 262 g/mol. The Bertz CT molecular complexity index is 530. The van der Waals surface area contributed by atoms with Gasteiger partial charge in [0.25, 0.3) is 5.91 Å². The molecule has 0 aliphatic carbocycles. The van der Waals surface area contributed by atoms with Crippen LogP contribution in [0.15, 0.2) is 23.8 Å². The molecule has 6 nitrogen and oxygen atoms in total. The summed E-state index contributed by atoms with van der Waals surface area (Å²) < 4.78 is 0. The van der Waals surface area contributed by atoms with Crippen molar-refractivity contribution in [3.8, 4) is 0 Å². The number of halogens is 1. The van der Waals surface area contributed by atoms with Crippen LogP contribution >= 0.6 is 22.9 Å². The van der Waals surface area contributed by atoms with Crippen molar-refractivity contribution < 1.29 is 4.79 Å². The summed E-state index contributed by atoms with van der Waals surface area (Å²) in [7, 11) is 0. The molecular formula is C9H8ClN5OS. The number of anilines is 2. The van der Waals surface area contributed by atoms with Gasteiger partial charge in [0, 0.05) is 17.8 Å². The number of carbonyl (C=O) groups is 1. The molecule has 0 aliphatic rings. The average molecular weight is 270 g/mol. The highest BCUT2D eigenvalue weighted by atomic mass is 35.5. The molecule has 2 rings (SSSR count). The van der Waals surface area contributed by atoms with Crippen LogP contribution in [-0.4, -0.2) is 15.9 Å². The highest BCUT2D eigenvalue weighted by Gasteiger charge is 2.10. The van der Waals surface area contributed by atoms with Crippen molar-refractivity contribution in [2.45, 2.75) is 0 Å². The molecule has 88 valence electrons. The number of pyridine rings is 1. The van der Waals surface area contributed by atoms with Crippen molar-refractivity contribution in [3.63, 3.8) is 0 Å². The van der Waals surface area contributed by atoms with Gasteiger partial charge in [0.15, 0.2) is 10.9 Å². The highest BCUT2D eigenvalue weighted by molar-refractivity contribution is 7.13. The Balaban J connectivity index is 2.17. The lowest BCUT2D eigenvalue weighted by Gasteiger charge is -2.05. The van der Waals surface area contributed by atoms with Crippen LogP contribution in [0.2, 0.25) is 5.02 Å². The van der Waals surface area contributed by atoms with Gasteiger partial charge >= 0.3 is 0 Å². The van der Waals surface area contributed by atoms with Gasteiger partial charge in [0.1, 0.15) is 0 Å². The topological polar surface area (TPSA) is 92.9 Å². The zero-order valence-electron chi connectivity index (χ0n) is 8.48. The Morgan fingerprint density at radius 1 is 1.47 bits per heavy atom. The Labute approximate surface area is 106 Å². The van der Waals surface area contributed by atoms with Crippen molar-refractivity contribution >= 4 is 39.8 Å². The molecule has 0 spiro atoms. The number of aromatic nitrogens is 2. The first-order valence-electron chi connectivity index (χ1n) is 4.53. The number of hydrogen-bond donors (Lipinski definition) is 3. The molecule has 0 radical (unpaired) electrons. The van der Waals surface area contributed by atoms with Crippen molar-refractivity contribution in [2.75, 3.05) is 10.7 Å². The maximum atomic E-state index is 11.8. The molecule has 0 saturated heterocycles. The van der Waals surface area contributed by atoms with Crippen LogP contribution in [0, 0.1) is 0 Å². The molecule has 17 heavy (non-hydrogen) atoms. The maximum absolute atomic E-state index is 11.8. The molecule has 0 atom stereocenters. The number of nitrogens with two attached hydrogens (primary N) is 1. The first-order chi connectivity index (χ1) is 8.20. The van der Waals surface area contributed by atoms with E-state index in [1.165, 1.54) is 23.6 Å². The van der Waals surface area contributed by atoms with Crippen LogP contribution in [-0.2, 0) is 0 Å². The van der Waals surface area contributed by atoms with E-state index >= 15 is 0 Å². The predicted octanol–water partition coefficient (Wildman–Crippen LogP) is 1.73. The third kappa shape index (κ3) is 2.70. The summed E-state index contributed by atoms with van der Waals surface area (Å²) in [6.07, 6.45) is 2.98. The highest BCUT2D eigenvalue weighted by Crippen LogP contribution is 2.20. The van der Waals surface area contributed by atoms with E-state index in [4.69, 9.17) is 17.4 Å². The van der Waals surface area contributed by atoms with Crippen LogP contribution < -0.4 is 16.6 Å². The second-order valence-corrected chi connectivity index (χ2v) is 4.29. The molecule has 2 aromatic heterocycles. The van der Waals surface area contributed by atoms with Gasteiger partial charge in [-0.1, -0.05) is 11.6 Å². The van der Waals surface area contributed by atoms with Crippen molar-refractivity contribution in [3.05, 3.63) is 34.4 Å². The molecule has 0 aliphatic heterocycles. The number of hydrogen-bond acceptors (Lipinski definition) is 6. The molecule has 0 saturated carbocycles. The maximum Gasteiger partial charge on any atom is 0.259 e. The van der Waals surface area contributed by atoms with Crippen molar-refractivity contribution in [2.24, 2.45) is 5.84 Å². The summed E-state index contributed by atoms with van der Waals surface area (Å²) in [5, 5.41) is 5.18. The molecule has 0 bridgehead atoms. The number of hydrazine groups is 1. The Hall–Kier alpha value is -1.70. The standard InChI is InChI=1S/C9H8ClN5OS/c10-6-3-5(4-13-7(6)15-11)8(16)14-9-12-1-2-17-9/h1-4H,11H2,(H,13,15)(H,12,14,16). The number of rotatable bonds is 3. The SMILES string of the molecule is NNc1ncc(C(=O)Nc2nccs2)cc1Cl. The molecule has 0 fully saturated rings. The molecule has 2 aromatic rings. The van der Waals surface area contributed by atoms with E-state index in [9.17, 15) is 4.79 Å². The molecule has 0 unspecified atom stereocenters. The Morgan fingerprint density at radius 2 is 2.29 bits per heavy atom. The fourth-order valence-electron chi connectivity index (χ4n) is 1.12. The summed E-state index contributed by atoms with van der Waals surface area (Å²) >= 11 is 7.19. The summed E-state index contributed by atoms with van der Waals surface area (Å²) in [5.41, 5.74) is 2.66. The van der Waals surface area contributed by atoms with Gasteiger partial charge < -0.3 is 5.43 Å². The number of nitrogen functional groups attached to an aromatic ring is 1. The van der Waals surface area contributed by atoms with E-state index in [-0.39, 0.29) is 10.9 Å². The first-order valence-corrected chi connectivity index (χ1v) is 5.79. The Morgan fingerprint density at radius 3 is 2.88 bits per heavy atom. The second kappa shape index (κ2) is 5.09. The van der Waals surface area contributed by atoms with Gasteiger partial charge in [-0.25, -0.2) is 15.8 Å². The fourth-order valence-corrected chi connectivity index (χ4v) is 1.87. The lowest BCUT2D eigenvalue weighted by atomic mass is 10.2. The molecule has 4 N–H and O–H groups in total. The van der Waals surface area contributed by atoms with E-state index in [2.05, 4.69) is 20.7 Å². The normalized spacial score (nSPS) is 10.0. The molecule has 0 aromatic carbocycles. The van der Waals surface area contributed by atoms with Crippen LogP contribution in [0.1, 0.15) is 10.4 Å². The van der Waals surface area contributed by atoms with Gasteiger partial charge in [-0.2, -0.15) is 0 Å². The van der Waals surface area contributed by atoms with Crippen LogP contribution in [0.3, 0.4) is 0 Å². The van der Waals surface area contributed by atoms with Gasteiger partial charge in [-0.15, -0.1) is 11.3 Å². The number of nitrogens with zero attached hydrogens (tertiary/aromatic N) is 2.